The van der Waals surface area contributed by atoms with Crippen LogP contribution in [0.5, 0.6) is 0 Å². The van der Waals surface area contributed by atoms with Crippen molar-refractivity contribution in [3.63, 3.8) is 0 Å². The zero-order chi connectivity index (χ0) is 11.6. The number of anilines is 1. The van der Waals surface area contributed by atoms with E-state index in [9.17, 15) is 0 Å². The number of rotatable bonds is 3. The van der Waals surface area contributed by atoms with E-state index < -0.39 is 0 Å². The summed E-state index contributed by atoms with van der Waals surface area (Å²) in [5, 5.41) is 6.78. The van der Waals surface area contributed by atoms with Gasteiger partial charge in [0.15, 0.2) is 0 Å². The third-order valence-corrected chi connectivity index (χ3v) is 3.43. The van der Waals surface area contributed by atoms with E-state index in [1.165, 1.54) is 10.1 Å². The van der Waals surface area contributed by atoms with Crippen LogP contribution >= 0.6 is 11.3 Å². The summed E-state index contributed by atoms with van der Waals surface area (Å²) in [7, 11) is 0. The molecule has 3 heteroatoms. The lowest BCUT2D eigenvalue weighted by atomic mass is 9.92. The maximum Gasteiger partial charge on any atom is 0.134 e. The van der Waals surface area contributed by atoms with Gasteiger partial charge in [-0.1, -0.05) is 20.8 Å². The Kier molecular flexibility index (Phi) is 3.15. The van der Waals surface area contributed by atoms with Gasteiger partial charge < -0.3 is 5.32 Å². The van der Waals surface area contributed by atoms with E-state index in [1.54, 1.807) is 11.3 Å². The minimum Gasteiger partial charge on any atom is -0.370 e. The van der Waals surface area contributed by atoms with E-state index in [-0.39, 0.29) is 0 Å². The molecular weight excluding hydrogens is 216 g/mol. The highest BCUT2D eigenvalue weighted by Crippen LogP contribution is 2.26. The average Bonchev–Trinajstić information content (AvgIpc) is 2.64. The number of fused-ring (bicyclic) bond motifs is 1. The molecule has 0 unspecified atom stereocenters. The summed E-state index contributed by atoms with van der Waals surface area (Å²) in [6.07, 6.45) is 3.02. The second-order valence-electron chi connectivity index (χ2n) is 5.23. The molecule has 16 heavy (non-hydrogen) atoms. The van der Waals surface area contributed by atoms with Gasteiger partial charge in [-0.3, -0.25) is 0 Å². The Morgan fingerprint density at radius 2 is 2.12 bits per heavy atom. The first-order chi connectivity index (χ1) is 7.56. The van der Waals surface area contributed by atoms with Crippen molar-refractivity contribution in [2.24, 2.45) is 5.41 Å². The van der Waals surface area contributed by atoms with Crippen LogP contribution in [-0.2, 0) is 0 Å². The van der Waals surface area contributed by atoms with Crippen molar-refractivity contribution < 1.29 is 0 Å². The molecule has 1 N–H and O–H groups in total. The van der Waals surface area contributed by atoms with Crippen molar-refractivity contribution in [1.29, 1.82) is 0 Å². The molecule has 0 atom stereocenters. The van der Waals surface area contributed by atoms with Crippen molar-refractivity contribution in [3.05, 3.63) is 23.7 Å². The molecule has 0 radical (unpaired) electrons. The fraction of sp³-hybridized carbons (Fsp3) is 0.462. The minimum absolute atomic E-state index is 0.371. The van der Waals surface area contributed by atoms with Crippen molar-refractivity contribution in [3.8, 4) is 0 Å². The fourth-order valence-corrected chi connectivity index (χ4v) is 2.37. The molecule has 0 spiro atoms. The summed E-state index contributed by atoms with van der Waals surface area (Å²) < 4.78 is 1.30. The lowest BCUT2D eigenvalue weighted by Crippen LogP contribution is -2.13. The molecule has 0 saturated heterocycles. The Morgan fingerprint density at radius 3 is 2.88 bits per heavy atom. The maximum atomic E-state index is 4.39. The summed E-state index contributed by atoms with van der Waals surface area (Å²) >= 11 is 1.76. The third-order valence-electron chi connectivity index (χ3n) is 2.55. The first kappa shape index (κ1) is 11.4. The van der Waals surface area contributed by atoms with Crippen LogP contribution in [0.3, 0.4) is 0 Å². The molecule has 2 heterocycles. The van der Waals surface area contributed by atoms with Crippen LogP contribution in [0, 0.1) is 5.41 Å². The van der Waals surface area contributed by atoms with Gasteiger partial charge in [-0.25, -0.2) is 4.98 Å². The number of nitrogens with one attached hydrogen (secondary N) is 1. The predicted octanol–water partition coefficient (Wildman–Crippen LogP) is 4.14. The Bertz CT molecular complexity index is 468. The van der Waals surface area contributed by atoms with Gasteiger partial charge >= 0.3 is 0 Å². The Hall–Kier alpha value is -1.09. The Balaban J connectivity index is 2.07. The summed E-state index contributed by atoms with van der Waals surface area (Å²) in [4.78, 5) is 4.39. The third kappa shape index (κ3) is 2.73. The summed E-state index contributed by atoms with van der Waals surface area (Å²) in [5.41, 5.74) is 0.371. The smallest absolute Gasteiger partial charge is 0.134 e. The van der Waals surface area contributed by atoms with E-state index >= 15 is 0 Å². The van der Waals surface area contributed by atoms with Gasteiger partial charge in [-0.05, 0) is 29.3 Å². The molecule has 0 aliphatic rings. The fourth-order valence-electron chi connectivity index (χ4n) is 1.59. The minimum atomic E-state index is 0.371. The van der Waals surface area contributed by atoms with Gasteiger partial charge in [-0.15, -0.1) is 11.3 Å². The summed E-state index contributed by atoms with van der Waals surface area (Å²) in [6.45, 7) is 7.75. The average molecular weight is 234 g/mol. The summed E-state index contributed by atoms with van der Waals surface area (Å²) in [6, 6.07) is 4.20. The molecular formula is C13H18N2S. The van der Waals surface area contributed by atoms with E-state index in [0.717, 1.165) is 18.8 Å². The molecule has 0 aromatic carbocycles. The lowest BCUT2D eigenvalue weighted by molar-refractivity contribution is 0.389. The monoisotopic (exact) mass is 234 g/mol. The van der Waals surface area contributed by atoms with Crippen LogP contribution in [0.4, 0.5) is 5.82 Å². The highest BCUT2D eigenvalue weighted by Gasteiger charge is 2.10. The van der Waals surface area contributed by atoms with Crippen LogP contribution in [-0.4, -0.2) is 11.5 Å². The first-order valence-electron chi connectivity index (χ1n) is 5.62. The molecule has 0 fully saturated rings. The zero-order valence-corrected chi connectivity index (χ0v) is 10.9. The maximum absolute atomic E-state index is 4.39. The van der Waals surface area contributed by atoms with Gasteiger partial charge in [0, 0.05) is 22.8 Å². The number of hydrogen-bond acceptors (Lipinski definition) is 3. The van der Waals surface area contributed by atoms with Gasteiger partial charge in [0.1, 0.15) is 5.82 Å². The van der Waals surface area contributed by atoms with Gasteiger partial charge in [-0.2, -0.15) is 0 Å². The number of thiophene rings is 1. The first-order valence-corrected chi connectivity index (χ1v) is 6.50. The molecule has 2 aromatic heterocycles. The van der Waals surface area contributed by atoms with Crippen LogP contribution in [0.1, 0.15) is 27.2 Å². The molecule has 2 aromatic rings. The Labute approximate surface area is 101 Å². The van der Waals surface area contributed by atoms with E-state index in [1.807, 2.05) is 6.20 Å². The van der Waals surface area contributed by atoms with E-state index in [4.69, 9.17) is 0 Å². The highest BCUT2D eigenvalue weighted by atomic mass is 32.1. The Morgan fingerprint density at radius 1 is 1.31 bits per heavy atom. The molecule has 0 aliphatic carbocycles. The van der Waals surface area contributed by atoms with Crippen LogP contribution < -0.4 is 5.32 Å². The normalized spacial score (nSPS) is 11.9. The van der Waals surface area contributed by atoms with Gasteiger partial charge in [0.2, 0.25) is 0 Å². The van der Waals surface area contributed by atoms with Gasteiger partial charge in [0.05, 0.1) is 0 Å². The molecule has 0 bridgehead atoms. The number of pyridine rings is 1. The molecule has 0 amide bonds. The molecule has 2 rings (SSSR count). The molecule has 2 nitrogen and oxygen atoms in total. The van der Waals surface area contributed by atoms with Crippen LogP contribution in [0.25, 0.3) is 10.1 Å². The van der Waals surface area contributed by atoms with E-state index in [2.05, 4.69) is 48.6 Å². The quantitative estimate of drug-likeness (QED) is 0.863. The standard InChI is InChI=1S/C13H18N2S/c1-13(2,3)6-8-15-12-10-5-9-16-11(10)4-7-14-12/h4-5,7,9H,6,8H2,1-3H3,(H,14,15). The van der Waals surface area contributed by atoms with Crippen LogP contribution in [0.15, 0.2) is 23.7 Å². The number of nitrogens with zero attached hydrogens (tertiary/aromatic N) is 1. The SMILES string of the molecule is CC(C)(C)CCNc1nccc2sccc12. The molecule has 86 valence electrons. The second-order valence-corrected chi connectivity index (χ2v) is 6.18. The molecule has 0 saturated carbocycles. The lowest BCUT2D eigenvalue weighted by Gasteiger charge is -2.18. The zero-order valence-electron chi connectivity index (χ0n) is 10.1. The second kappa shape index (κ2) is 4.42. The van der Waals surface area contributed by atoms with Crippen molar-refractivity contribution in [2.45, 2.75) is 27.2 Å². The number of hydrogen-bond donors (Lipinski definition) is 1. The largest absolute Gasteiger partial charge is 0.370 e. The number of aromatic nitrogens is 1. The van der Waals surface area contributed by atoms with Gasteiger partial charge in [0.25, 0.3) is 0 Å². The van der Waals surface area contributed by atoms with Crippen molar-refractivity contribution in [2.75, 3.05) is 11.9 Å². The predicted molar refractivity (Wildman–Crippen MR) is 72.2 cm³/mol. The van der Waals surface area contributed by atoms with Crippen molar-refractivity contribution >= 4 is 27.2 Å². The topological polar surface area (TPSA) is 24.9 Å². The van der Waals surface area contributed by atoms with Crippen LogP contribution in [0.2, 0.25) is 0 Å². The van der Waals surface area contributed by atoms with Crippen molar-refractivity contribution in [1.82, 2.24) is 4.98 Å². The highest BCUT2D eigenvalue weighted by molar-refractivity contribution is 7.17. The van der Waals surface area contributed by atoms with E-state index in [0.29, 0.717) is 5.41 Å². The summed E-state index contributed by atoms with van der Waals surface area (Å²) in [5.74, 6) is 1.02. The molecule has 0 aliphatic heterocycles.